The molecule has 0 spiro atoms. The first kappa shape index (κ1) is 11.0. The van der Waals surface area contributed by atoms with Crippen LogP contribution in [0.3, 0.4) is 0 Å². The van der Waals surface area contributed by atoms with Gasteiger partial charge in [-0.15, -0.1) is 0 Å². The molecule has 3 nitrogen and oxygen atoms in total. The molecule has 0 bridgehead atoms. The Morgan fingerprint density at radius 2 is 2.12 bits per heavy atom. The second-order valence-electron chi connectivity index (χ2n) is 6.02. The van der Waals surface area contributed by atoms with Crippen LogP contribution in [0, 0.1) is 5.92 Å². The monoisotopic (exact) mass is 224 g/mol. The average Bonchev–Trinajstić information content (AvgIpc) is 3.03. The third-order valence-electron chi connectivity index (χ3n) is 4.74. The molecule has 0 radical (unpaired) electrons. The molecule has 3 atom stereocenters. The molecule has 2 aliphatic heterocycles. The van der Waals surface area contributed by atoms with Crippen LogP contribution in [0.15, 0.2) is 0 Å². The highest BCUT2D eigenvalue weighted by Gasteiger charge is 2.45. The first-order valence-corrected chi connectivity index (χ1v) is 6.80. The zero-order chi connectivity index (χ0) is 11.2. The lowest BCUT2D eigenvalue weighted by molar-refractivity contribution is 0.0399. The summed E-state index contributed by atoms with van der Waals surface area (Å²) in [6.45, 7) is 9.16. The van der Waals surface area contributed by atoms with E-state index >= 15 is 0 Å². The SMILES string of the molecule is CC1OCCC1N1CCNC(C)(C2CC2)C1. The summed E-state index contributed by atoms with van der Waals surface area (Å²) in [4.78, 5) is 2.67. The lowest BCUT2D eigenvalue weighted by Gasteiger charge is -2.45. The van der Waals surface area contributed by atoms with Crippen molar-refractivity contribution in [1.82, 2.24) is 10.2 Å². The van der Waals surface area contributed by atoms with Gasteiger partial charge in [-0.05, 0) is 39.0 Å². The molecule has 2 heterocycles. The molecule has 1 saturated carbocycles. The van der Waals surface area contributed by atoms with Crippen LogP contribution in [0.5, 0.6) is 0 Å². The predicted molar refractivity (Wildman–Crippen MR) is 64.5 cm³/mol. The van der Waals surface area contributed by atoms with Crippen molar-refractivity contribution in [2.75, 3.05) is 26.2 Å². The molecule has 1 aliphatic carbocycles. The zero-order valence-corrected chi connectivity index (χ0v) is 10.5. The summed E-state index contributed by atoms with van der Waals surface area (Å²) in [6, 6.07) is 0.667. The van der Waals surface area contributed by atoms with Crippen molar-refractivity contribution in [3.05, 3.63) is 0 Å². The van der Waals surface area contributed by atoms with E-state index in [2.05, 4.69) is 24.1 Å². The predicted octanol–water partition coefficient (Wildman–Crippen LogP) is 1.24. The maximum Gasteiger partial charge on any atom is 0.0703 e. The summed E-state index contributed by atoms with van der Waals surface area (Å²) in [5.74, 6) is 0.924. The Labute approximate surface area is 98.5 Å². The van der Waals surface area contributed by atoms with E-state index in [1.165, 1.54) is 32.4 Å². The van der Waals surface area contributed by atoms with Gasteiger partial charge in [-0.25, -0.2) is 0 Å². The van der Waals surface area contributed by atoms with Crippen molar-refractivity contribution in [3.63, 3.8) is 0 Å². The van der Waals surface area contributed by atoms with E-state index in [4.69, 9.17) is 4.74 Å². The highest BCUT2D eigenvalue weighted by molar-refractivity contribution is 5.03. The summed E-state index contributed by atoms with van der Waals surface area (Å²) in [7, 11) is 0. The molecular formula is C13H24N2O. The highest BCUT2D eigenvalue weighted by Crippen LogP contribution is 2.41. The second kappa shape index (κ2) is 3.97. The Bertz CT molecular complexity index is 267. The first-order valence-electron chi connectivity index (χ1n) is 6.80. The van der Waals surface area contributed by atoms with Gasteiger partial charge in [-0.1, -0.05) is 0 Å². The van der Waals surface area contributed by atoms with Crippen LogP contribution in [-0.2, 0) is 4.74 Å². The van der Waals surface area contributed by atoms with Crippen LogP contribution in [0.25, 0.3) is 0 Å². The molecule has 3 heteroatoms. The second-order valence-corrected chi connectivity index (χ2v) is 6.02. The molecule has 1 N–H and O–H groups in total. The standard InChI is InChI=1S/C13H24N2O/c1-10-12(5-8-16-10)15-7-6-14-13(2,9-15)11-3-4-11/h10-12,14H,3-9H2,1-2H3. The van der Waals surface area contributed by atoms with Crippen molar-refractivity contribution in [2.45, 2.75) is 50.8 Å². The number of ether oxygens (including phenoxy) is 1. The number of nitrogens with zero attached hydrogens (tertiary/aromatic N) is 1. The van der Waals surface area contributed by atoms with E-state index < -0.39 is 0 Å². The molecule has 2 saturated heterocycles. The van der Waals surface area contributed by atoms with E-state index in [0.29, 0.717) is 17.7 Å². The van der Waals surface area contributed by atoms with Gasteiger partial charge in [0.15, 0.2) is 0 Å². The Kier molecular flexibility index (Phi) is 2.73. The van der Waals surface area contributed by atoms with E-state index in [0.717, 1.165) is 19.1 Å². The molecule has 0 aromatic rings. The summed E-state index contributed by atoms with van der Waals surface area (Å²) in [5, 5.41) is 3.74. The number of hydrogen-bond acceptors (Lipinski definition) is 3. The zero-order valence-electron chi connectivity index (χ0n) is 10.5. The molecule has 0 amide bonds. The van der Waals surface area contributed by atoms with Gasteiger partial charge in [0.05, 0.1) is 6.10 Å². The number of piperazine rings is 1. The maximum absolute atomic E-state index is 5.70. The van der Waals surface area contributed by atoms with Gasteiger partial charge >= 0.3 is 0 Å². The summed E-state index contributed by atoms with van der Waals surface area (Å²) in [5.41, 5.74) is 0.376. The van der Waals surface area contributed by atoms with Gasteiger partial charge in [-0.2, -0.15) is 0 Å². The Morgan fingerprint density at radius 3 is 2.75 bits per heavy atom. The van der Waals surface area contributed by atoms with Gasteiger partial charge in [0.2, 0.25) is 0 Å². The van der Waals surface area contributed by atoms with Crippen LogP contribution in [0.2, 0.25) is 0 Å². The van der Waals surface area contributed by atoms with Gasteiger partial charge in [0, 0.05) is 37.8 Å². The number of nitrogens with one attached hydrogen (secondary N) is 1. The van der Waals surface area contributed by atoms with Crippen LogP contribution >= 0.6 is 0 Å². The minimum Gasteiger partial charge on any atom is -0.377 e. The molecule has 3 rings (SSSR count). The Hall–Kier alpha value is -0.120. The minimum absolute atomic E-state index is 0.376. The lowest BCUT2D eigenvalue weighted by Crippen LogP contribution is -2.62. The van der Waals surface area contributed by atoms with Crippen molar-refractivity contribution in [3.8, 4) is 0 Å². The van der Waals surface area contributed by atoms with Crippen LogP contribution in [-0.4, -0.2) is 48.8 Å². The molecule has 3 aliphatic rings. The highest BCUT2D eigenvalue weighted by atomic mass is 16.5. The molecule has 3 unspecified atom stereocenters. The van der Waals surface area contributed by atoms with Crippen LogP contribution in [0.1, 0.15) is 33.1 Å². The maximum atomic E-state index is 5.70. The largest absolute Gasteiger partial charge is 0.377 e. The summed E-state index contributed by atoms with van der Waals surface area (Å²) >= 11 is 0. The number of hydrogen-bond donors (Lipinski definition) is 1. The van der Waals surface area contributed by atoms with Gasteiger partial charge in [0.25, 0.3) is 0 Å². The molecule has 0 aromatic heterocycles. The van der Waals surface area contributed by atoms with Crippen LogP contribution < -0.4 is 5.32 Å². The third-order valence-corrected chi connectivity index (χ3v) is 4.74. The fourth-order valence-corrected chi connectivity index (χ4v) is 3.52. The van der Waals surface area contributed by atoms with E-state index in [9.17, 15) is 0 Å². The minimum atomic E-state index is 0.376. The molecule has 3 fully saturated rings. The Morgan fingerprint density at radius 1 is 1.31 bits per heavy atom. The topological polar surface area (TPSA) is 24.5 Å². The van der Waals surface area contributed by atoms with Gasteiger partial charge in [0.1, 0.15) is 0 Å². The quantitative estimate of drug-likeness (QED) is 0.764. The van der Waals surface area contributed by atoms with Crippen molar-refractivity contribution in [1.29, 1.82) is 0 Å². The summed E-state index contributed by atoms with van der Waals surface area (Å²) in [6.07, 6.45) is 4.51. The number of rotatable bonds is 2. The fraction of sp³-hybridized carbons (Fsp3) is 1.00. The van der Waals surface area contributed by atoms with Gasteiger partial charge in [-0.3, -0.25) is 4.90 Å². The first-order chi connectivity index (χ1) is 7.69. The smallest absolute Gasteiger partial charge is 0.0703 e. The molecule has 92 valence electrons. The van der Waals surface area contributed by atoms with E-state index in [-0.39, 0.29) is 0 Å². The van der Waals surface area contributed by atoms with Crippen molar-refractivity contribution >= 4 is 0 Å². The van der Waals surface area contributed by atoms with E-state index in [1.807, 2.05) is 0 Å². The molecular weight excluding hydrogens is 200 g/mol. The lowest BCUT2D eigenvalue weighted by atomic mass is 9.91. The molecule has 16 heavy (non-hydrogen) atoms. The summed E-state index contributed by atoms with van der Waals surface area (Å²) < 4.78 is 5.70. The van der Waals surface area contributed by atoms with Crippen molar-refractivity contribution < 1.29 is 4.74 Å². The fourth-order valence-electron chi connectivity index (χ4n) is 3.52. The Balaban J connectivity index is 1.67. The van der Waals surface area contributed by atoms with Gasteiger partial charge < -0.3 is 10.1 Å². The molecule has 0 aromatic carbocycles. The van der Waals surface area contributed by atoms with Crippen molar-refractivity contribution in [2.24, 2.45) is 5.92 Å². The van der Waals surface area contributed by atoms with Crippen LogP contribution in [0.4, 0.5) is 0 Å². The average molecular weight is 224 g/mol. The third kappa shape index (κ3) is 1.89. The normalized spacial score (nSPS) is 46.1. The van der Waals surface area contributed by atoms with E-state index in [1.54, 1.807) is 0 Å².